The molecular weight excluding hydrogens is 174 g/mol. The third-order valence-corrected chi connectivity index (χ3v) is 2.68. The molecule has 0 radical (unpaired) electrons. The van der Waals surface area contributed by atoms with Crippen molar-refractivity contribution in [1.29, 1.82) is 0 Å². The fraction of sp³-hybridized carbons (Fsp3) is 1.00. The molecule has 1 rings (SSSR count). The molecule has 0 saturated carbocycles. The molecule has 1 aliphatic rings. The number of rotatable bonds is 4. The van der Waals surface area contributed by atoms with Gasteiger partial charge in [-0.15, -0.1) is 0 Å². The minimum atomic E-state index is -2.47. The van der Waals surface area contributed by atoms with Gasteiger partial charge in [-0.25, -0.2) is 8.78 Å². The molecule has 0 aromatic carbocycles. The van der Waals surface area contributed by atoms with E-state index < -0.39 is 5.92 Å². The Morgan fingerprint density at radius 3 is 2.62 bits per heavy atom. The SMILES string of the molecule is CCC(CN)CN1CCC(F)(F)C1. The van der Waals surface area contributed by atoms with Gasteiger partial charge in [-0.2, -0.15) is 0 Å². The Labute approximate surface area is 78.1 Å². The molecule has 0 aliphatic carbocycles. The van der Waals surface area contributed by atoms with Crippen LogP contribution in [0.5, 0.6) is 0 Å². The zero-order valence-electron chi connectivity index (χ0n) is 8.10. The Bertz CT molecular complexity index is 158. The topological polar surface area (TPSA) is 29.3 Å². The van der Waals surface area contributed by atoms with Crippen LogP contribution in [0, 0.1) is 5.92 Å². The normalized spacial score (nSPS) is 24.9. The van der Waals surface area contributed by atoms with Crippen molar-refractivity contribution in [3.8, 4) is 0 Å². The number of nitrogens with zero attached hydrogens (tertiary/aromatic N) is 1. The van der Waals surface area contributed by atoms with Gasteiger partial charge in [-0.1, -0.05) is 13.3 Å². The van der Waals surface area contributed by atoms with E-state index in [1.54, 1.807) is 0 Å². The largest absolute Gasteiger partial charge is 0.330 e. The summed E-state index contributed by atoms with van der Waals surface area (Å²) in [7, 11) is 0. The Kier molecular flexibility index (Phi) is 3.62. The summed E-state index contributed by atoms with van der Waals surface area (Å²) in [6.45, 7) is 3.81. The second-order valence-electron chi connectivity index (χ2n) is 3.85. The number of likely N-dealkylation sites (tertiary alicyclic amines) is 1. The van der Waals surface area contributed by atoms with Gasteiger partial charge in [-0.3, -0.25) is 4.90 Å². The maximum absolute atomic E-state index is 12.8. The predicted octanol–water partition coefficient (Wildman–Crippen LogP) is 1.31. The van der Waals surface area contributed by atoms with Crippen LogP contribution in [0.25, 0.3) is 0 Å². The lowest BCUT2D eigenvalue weighted by atomic mass is 10.1. The van der Waals surface area contributed by atoms with Crippen molar-refractivity contribution >= 4 is 0 Å². The molecule has 2 nitrogen and oxygen atoms in total. The molecule has 1 atom stereocenters. The van der Waals surface area contributed by atoms with E-state index in [2.05, 4.69) is 0 Å². The van der Waals surface area contributed by atoms with Gasteiger partial charge in [0, 0.05) is 19.5 Å². The van der Waals surface area contributed by atoms with Crippen LogP contribution >= 0.6 is 0 Å². The van der Waals surface area contributed by atoms with Gasteiger partial charge in [0.25, 0.3) is 5.92 Å². The molecule has 4 heteroatoms. The Hall–Kier alpha value is -0.220. The first-order chi connectivity index (χ1) is 6.07. The van der Waals surface area contributed by atoms with Crippen molar-refractivity contribution in [3.05, 3.63) is 0 Å². The lowest BCUT2D eigenvalue weighted by Gasteiger charge is -2.21. The minimum absolute atomic E-state index is 0.00794. The van der Waals surface area contributed by atoms with E-state index in [-0.39, 0.29) is 13.0 Å². The van der Waals surface area contributed by atoms with E-state index in [9.17, 15) is 8.78 Å². The fourth-order valence-corrected chi connectivity index (χ4v) is 1.70. The molecule has 1 unspecified atom stereocenters. The van der Waals surface area contributed by atoms with Crippen molar-refractivity contribution in [2.45, 2.75) is 25.7 Å². The summed E-state index contributed by atoms with van der Waals surface area (Å²) >= 11 is 0. The predicted molar refractivity (Wildman–Crippen MR) is 48.8 cm³/mol. The molecule has 2 N–H and O–H groups in total. The molecule has 78 valence electrons. The number of hydrogen-bond donors (Lipinski definition) is 1. The number of nitrogens with two attached hydrogens (primary N) is 1. The maximum atomic E-state index is 12.8. The number of alkyl halides is 2. The van der Waals surface area contributed by atoms with Crippen LogP contribution in [0.4, 0.5) is 8.78 Å². The molecule has 1 fully saturated rings. The zero-order chi connectivity index (χ0) is 9.90. The highest BCUT2D eigenvalue weighted by molar-refractivity contribution is 4.82. The van der Waals surface area contributed by atoms with Crippen molar-refractivity contribution < 1.29 is 8.78 Å². The van der Waals surface area contributed by atoms with E-state index in [4.69, 9.17) is 5.73 Å². The van der Waals surface area contributed by atoms with Crippen molar-refractivity contribution in [2.75, 3.05) is 26.2 Å². The molecule has 13 heavy (non-hydrogen) atoms. The van der Waals surface area contributed by atoms with E-state index >= 15 is 0 Å². The van der Waals surface area contributed by atoms with Crippen LogP contribution in [0.15, 0.2) is 0 Å². The average molecular weight is 192 g/mol. The first-order valence-electron chi connectivity index (χ1n) is 4.87. The third kappa shape index (κ3) is 3.19. The van der Waals surface area contributed by atoms with Crippen molar-refractivity contribution in [1.82, 2.24) is 4.90 Å². The van der Waals surface area contributed by atoms with Gasteiger partial charge in [0.15, 0.2) is 0 Å². The lowest BCUT2D eigenvalue weighted by Crippen LogP contribution is -2.32. The van der Waals surface area contributed by atoms with Gasteiger partial charge < -0.3 is 5.73 Å². The standard InChI is InChI=1S/C9H18F2N2/c1-2-8(5-12)6-13-4-3-9(10,11)7-13/h8H,2-7,12H2,1H3. The smallest absolute Gasteiger partial charge is 0.261 e. The molecular formula is C9H18F2N2. The summed E-state index contributed by atoms with van der Waals surface area (Å²) in [5.41, 5.74) is 5.51. The summed E-state index contributed by atoms with van der Waals surface area (Å²) in [5, 5.41) is 0. The van der Waals surface area contributed by atoms with Crippen LogP contribution in [-0.4, -0.2) is 37.0 Å². The second-order valence-corrected chi connectivity index (χ2v) is 3.85. The van der Waals surface area contributed by atoms with Gasteiger partial charge in [0.2, 0.25) is 0 Å². The highest BCUT2D eigenvalue weighted by atomic mass is 19.3. The van der Waals surface area contributed by atoms with Gasteiger partial charge >= 0.3 is 0 Å². The van der Waals surface area contributed by atoms with Gasteiger partial charge in [0.1, 0.15) is 0 Å². The minimum Gasteiger partial charge on any atom is -0.330 e. The zero-order valence-corrected chi connectivity index (χ0v) is 8.10. The van der Waals surface area contributed by atoms with Crippen molar-refractivity contribution in [3.63, 3.8) is 0 Å². The number of halogens is 2. The third-order valence-electron chi connectivity index (χ3n) is 2.68. The Balaban J connectivity index is 2.31. The summed E-state index contributed by atoms with van der Waals surface area (Å²) < 4.78 is 25.6. The second kappa shape index (κ2) is 4.33. The summed E-state index contributed by atoms with van der Waals surface area (Å²) in [6.07, 6.45) is 0.979. The van der Waals surface area contributed by atoms with E-state index in [0.717, 1.165) is 13.0 Å². The molecule has 0 spiro atoms. The van der Waals surface area contributed by atoms with Crippen molar-refractivity contribution in [2.24, 2.45) is 11.7 Å². The van der Waals surface area contributed by atoms with Gasteiger partial charge in [0.05, 0.1) is 6.54 Å². The molecule has 0 aromatic rings. The molecule has 1 heterocycles. The van der Waals surface area contributed by atoms with E-state index in [0.29, 0.717) is 19.0 Å². The Morgan fingerprint density at radius 1 is 1.54 bits per heavy atom. The van der Waals surface area contributed by atoms with Gasteiger partial charge in [-0.05, 0) is 12.5 Å². The van der Waals surface area contributed by atoms with E-state index in [1.165, 1.54) is 0 Å². The highest BCUT2D eigenvalue weighted by Gasteiger charge is 2.38. The number of hydrogen-bond acceptors (Lipinski definition) is 2. The monoisotopic (exact) mass is 192 g/mol. The molecule has 0 bridgehead atoms. The quantitative estimate of drug-likeness (QED) is 0.727. The lowest BCUT2D eigenvalue weighted by molar-refractivity contribution is 0.0109. The van der Waals surface area contributed by atoms with Crippen LogP contribution in [0.3, 0.4) is 0 Å². The summed E-state index contributed by atoms with van der Waals surface area (Å²) in [6, 6.07) is 0. The first kappa shape index (κ1) is 10.9. The highest BCUT2D eigenvalue weighted by Crippen LogP contribution is 2.27. The molecule has 1 saturated heterocycles. The molecule has 0 amide bonds. The average Bonchev–Trinajstić information content (AvgIpc) is 2.41. The Morgan fingerprint density at radius 2 is 2.23 bits per heavy atom. The van der Waals surface area contributed by atoms with Crippen LogP contribution in [-0.2, 0) is 0 Å². The van der Waals surface area contributed by atoms with Crippen LogP contribution in [0.1, 0.15) is 19.8 Å². The molecule has 1 aliphatic heterocycles. The van der Waals surface area contributed by atoms with Crippen LogP contribution < -0.4 is 5.73 Å². The maximum Gasteiger partial charge on any atom is 0.261 e. The summed E-state index contributed by atoms with van der Waals surface area (Å²) in [5.74, 6) is -2.10. The fourth-order valence-electron chi connectivity index (χ4n) is 1.70. The molecule has 0 aromatic heterocycles. The first-order valence-corrected chi connectivity index (χ1v) is 4.87. The van der Waals surface area contributed by atoms with Crippen LogP contribution in [0.2, 0.25) is 0 Å². The van der Waals surface area contributed by atoms with E-state index in [1.807, 2.05) is 11.8 Å². The summed E-state index contributed by atoms with van der Waals surface area (Å²) in [4.78, 5) is 1.82.